The number of rotatable bonds is 8. The second-order valence-electron chi connectivity index (χ2n) is 7.23. The number of aromatic nitrogens is 4. The summed E-state index contributed by atoms with van der Waals surface area (Å²) in [6.07, 6.45) is 4.21. The van der Waals surface area contributed by atoms with Gasteiger partial charge in [-0.15, -0.1) is 0 Å². The van der Waals surface area contributed by atoms with Crippen LogP contribution in [0.25, 0.3) is 11.8 Å². The van der Waals surface area contributed by atoms with Crippen molar-refractivity contribution in [2.45, 2.75) is 13.5 Å². The monoisotopic (exact) mass is 409 g/mol. The smallest absolute Gasteiger partial charge is 0.368 e. The van der Waals surface area contributed by atoms with E-state index in [0.717, 1.165) is 29.0 Å². The number of nitrogens with zero attached hydrogens (tertiary/aromatic N) is 5. The van der Waals surface area contributed by atoms with Gasteiger partial charge in [-0.2, -0.15) is 9.36 Å². The maximum atomic E-state index is 12.3. The predicted molar refractivity (Wildman–Crippen MR) is 116 cm³/mol. The minimum Gasteiger partial charge on any atom is -0.496 e. The summed E-state index contributed by atoms with van der Waals surface area (Å²) < 4.78 is 14.0. The summed E-state index contributed by atoms with van der Waals surface area (Å²) in [7, 11) is 7.21. The van der Waals surface area contributed by atoms with Gasteiger partial charge >= 0.3 is 5.69 Å². The van der Waals surface area contributed by atoms with E-state index >= 15 is 0 Å². The maximum Gasteiger partial charge on any atom is 0.368 e. The summed E-state index contributed by atoms with van der Waals surface area (Å²) in [6, 6.07) is 11.5. The molecule has 0 saturated carbocycles. The first-order valence-electron chi connectivity index (χ1n) is 9.60. The molecule has 0 spiro atoms. The van der Waals surface area contributed by atoms with Crippen LogP contribution in [-0.4, -0.2) is 52.4 Å². The molecule has 0 atom stereocenters. The van der Waals surface area contributed by atoms with Crippen molar-refractivity contribution < 1.29 is 9.47 Å². The van der Waals surface area contributed by atoms with E-state index in [9.17, 15) is 4.79 Å². The van der Waals surface area contributed by atoms with Crippen molar-refractivity contribution in [3.05, 3.63) is 69.6 Å². The Labute approximate surface area is 175 Å². The lowest BCUT2D eigenvalue weighted by molar-refractivity contribution is 0.294. The van der Waals surface area contributed by atoms with Gasteiger partial charge in [-0.1, -0.05) is 24.3 Å². The molecule has 3 rings (SSSR count). The van der Waals surface area contributed by atoms with Crippen LogP contribution >= 0.6 is 0 Å². The molecule has 0 fully saturated rings. The normalized spacial score (nSPS) is 11.4. The third kappa shape index (κ3) is 4.77. The van der Waals surface area contributed by atoms with Gasteiger partial charge in [0, 0.05) is 13.6 Å². The van der Waals surface area contributed by atoms with Crippen LogP contribution in [0.1, 0.15) is 16.7 Å². The van der Waals surface area contributed by atoms with E-state index in [2.05, 4.69) is 33.5 Å². The van der Waals surface area contributed by atoms with Gasteiger partial charge < -0.3 is 14.4 Å². The van der Waals surface area contributed by atoms with Crippen molar-refractivity contribution >= 4 is 6.08 Å². The molecule has 30 heavy (non-hydrogen) atoms. The average Bonchev–Trinajstić information content (AvgIpc) is 3.05. The number of tetrazole rings is 1. The largest absolute Gasteiger partial charge is 0.496 e. The summed E-state index contributed by atoms with van der Waals surface area (Å²) in [4.78, 5) is 14.4. The van der Waals surface area contributed by atoms with Crippen molar-refractivity contribution in [3.8, 4) is 17.2 Å². The number of benzene rings is 2. The van der Waals surface area contributed by atoms with Crippen LogP contribution < -0.4 is 15.2 Å². The molecule has 2 aromatic carbocycles. The molecule has 0 amide bonds. The highest BCUT2D eigenvalue weighted by atomic mass is 16.5. The fraction of sp³-hybridized carbons (Fsp3) is 0.318. The topological polar surface area (TPSA) is 74.4 Å². The molecule has 0 aliphatic heterocycles. The van der Waals surface area contributed by atoms with Crippen LogP contribution in [0.2, 0.25) is 0 Å². The maximum absolute atomic E-state index is 12.3. The highest BCUT2D eigenvalue weighted by Crippen LogP contribution is 2.27. The fourth-order valence-electron chi connectivity index (χ4n) is 3.04. The molecule has 158 valence electrons. The van der Waals surface area contributed by atoms with Crippen LogP contribution in [0.15, 0.2) is 47.3 Å². The first-order chi connectivity index (χ1) is 14.4. The van der Waals surface area contributed by atoms with Gasteiger partial charge in [0.1, 0.15) is 18.1 Å². The zero-order valence-corrected chi connectivity index (χ0v) is 18.0. The molecule has 0 N–H and O–H groups in total. The van der Waals surface area contributed by atoms with E-state index in [-0.39, 0.29) is 12.3 Å². The zero-order chi connectivity index (χ0) is 21.7. The van der Waals surface area contributed by atoms with Crippen molar-refractivity contribution in [2.24, 2.45) is 7.05 Å². The van der Waals surface area contributed by atoms with E-state index in [4.69, 9.17) is 9.47 Å². The quantitative estimate of drug-likeness (QED) is 0.569. The molecule has 0 aliphatic carbocycles. The second kappa shape index (κ2) is 9.41. The molecule has 8 heteroatoms. The lowest BCUT2D eigenvalue weighted by Crippen LogP contribution is -2.23. The molecule has 0 aliphatic rings. The van der Waals surface area contributed by atoms with Crippen LogP contribution in [0.5, 0.6) is 11.5 Å². The lowest BCUT2D eigenvalue weighted by atomic mass is 10.1. The SMILES string of the molecule is COc1cccc(-n2nnn(C)c2=O)c1COc1ccc(C=CCN(C)C)cc1C. The van der Waals surface area contributed by atoms with Crippen molar-refractivity contribution in [1.82, 2.24) is 24.7 Å². The Kier molecular flexibility index (Phi) is 6.68. The van der Waals surface area contributed by atoms with Crippen LogP contribution in [0.4, 0.5) is 0 Å². The molecular weight excluding hydrogens is 382 g/mol. The van der Waals surface area contributed by atoms with Crippen molar-refractivity contribution in [1.29, 1.82) is 0 Å². The summed E-state index contributed by atoms with van der Waals surface area (Å²) >= 11 is 0. The van der Waals surface area contributed by atoms with Crippen molar-refractivity contribution in [3.63, 3.8) is 0 Å². The minimum absolute atomic E-state index is 0.221. The molecule has 8 nitrogen and oxygen atoms in total. The Morgan fingerprint density at radius 2 is 1.93 bits per heavy atom. The van der Waals surface area contributed by atoms with E-state index in [1.54, 1.807) is 26.3 Å². The van der Waals surface area contributed by atoms with Crippen LogP contribution in [-0.2, 0) is 13.7 Å². The van der Waals surface area contributed by atoms with E-state index in [1.165, 1.54) is 9.36 Å². The average molecular weight is 409 g/mol. The predicted octanol–water partition coefficient (Wildman–Crippen LogP) is 2.44. The van der Waals surface area contributed by atoms with Gasteiger partial charge in [-0.05, 0) is 66.8 Å². The van der Waals surface area contributed by atoms with Gasteiger partial charge in [0.15, 0.2) is 0 Å². The molecular formula is C22H27N5O3. The number of ether oxygens (including phenoxy) is 2. The number of hydrogen-bond acceptors (Lipinski definition) is 6. The van der Waals surface area contributed by atoms with Gasteiger partial charge in [-0.25, -0.2) is 4.79 Å². The Bertz CT molecular complexity index is 1100. The summed E-state index contributed by atoms with van der Waals surface area (Å²) in [5, 5.41) is 7.73. The molecule has 0 bridgehead atoms. The lowest BCUT2D eigenvalue weighted by Gasteiger charge is -2.15. The zero-order valence-electron chi connectivity index (χ0n) is 18.0. The molecule has 0 unspecified atom stereocenters. The van der Waals surface area contributed by atoms with E-state index < -0.39 is 0 Å². The molecule has 0 saturated heterocycles. The van der Waals surface area contributed by atoms with E-state index in [0.29, 0.717) is 11.4 Å². The number of likely N-dealkylation sites (N-methyl/N-ethyl adjacent to an activating group) is 1. The van der Waals surface area contributed by atoms with Crippen molar-refractivity contribution in [2.75, 3.05) is 27.7 Å². The first kappa shape index (κ1) is 21.3. The Morgan fingerprint density at radius 1 is 1.13 bits per heavy atom. The number of methoxy groups -OCH3 is 1. The third-order valence-electron chi connectivity index (χ3n) is 4.63. The molecule has 1 heterocycles. The number of hydrogen-bond donors (Lipinski definition) is 0. The second-order valence-corrected chi connectivity index (χ2v) is 7.23. The van der Waals surface area contributed by atoms with E-state index in [1.807, 2.05) is 39.2 Å². The highest BCUT2D eigenvalue weighted by Gasteiger charge is 2.16. The third-order valence-corrected chi connectivity index (χ3v) is 4.63. The summed E-state index contributed by atoms with van der Waals surface area (Å²) in [5.41, 5.74) is 3.10. The highest BCUT2D eigenvalue weighted by molar-refractivity contribution is 5.54. The van der Waals surface area contributed by atoms with Crippen LogP contribution in [0.3, 0.4) is 0 Å². The summed E-state index contributed by atoms with van der Waals surface area (Å²) in [6.45, 7) is 3.11. The standard InChI is InChI=1S/C22H27N5O3/c1-16-14-17(8-7-13-25(2)3)11-12-20(16)30-15-18-19(9-6-10-21(18)29-5)27-22(28)26(4)23-24-27/h6-12,14H,13,15H2,1-5H3. The minimum atomic E-state index is -0.338. The van der Waals surface area contributed by atoms with Gasteiger partial charge in [0.2, 0.25) is 0 Å². The summed E-state index contributed by atoms with van der Waals surface area (Å²) in [5.74, 6) is 1.38. The Hall–Kier alpha value is -3.39. The Balaban J connectivity index is 1.84. The molecule has 3 aromatic rings. The first-order valence-corrected chi connectivity index (χ1v) is 9.60. The van der Waals surface area contributed by atoms with Gasteiger partial charge in [0.05, 0.1) is 18.4 Å². The molecule has 1 aromatic heterocycles. The van der Waals surface area contributed by atoms with Gasteiger partial charge in [-0.3, -0.25) is 0 Å². The number of aryl methyl sites for hydroxylation is 2. The Morgan fingerprint density at radius 3 is 2.57 bits per heavy atom. The molecule has 0 radical (unpaired) electrons. The van der Waals surface area contributed by atoms with Crippen LogP contribution in [0, 0.1) is 6.92 Å². The fourth-order valence-corrected chi connectivity index (χ4v) is 3.04. The van der Waals surface area contributed by atoms with Gasteiger partial charge in [0.25, 0.3) is 0 Å².